The first-order valence-corrected chi connectivity index (χ1v) is 11.6. The van der Waals surface area contributed by atoms with Gasteiger partial charge in [-0.1, -0.05) is 32.9 Å². The van der Waals surface area contributed by atoms with Crippen molar-refractivity contribution in [2.45, 2.75) is 43.9 Å². The Morgan fingerprint density at radius 3 is 2.31 bits per heavy atom. The number of carbonyl (C=O) groups is 3. The van der Waals surface area contributed by atoms with Crippen LogP contribution in [0, 0.1) is 0 Å². The third-order valence-corrected chi connectivity index (χ3v) is 5.90. The Kier molecular flexibility index (Phi) is 9.43. The molecular formula is C24H32N4O3S. The summed E-state index contributed by atoms with van der Waals surface area (Å²) in [7, 11) is 0. The van der Waals surface area contributed by atoms with Crippen LogP contribution in [0.3, 0.4) is 0 Å². The van der Waals surface area contributed by atoms with Crippen molar-refractivity contribution in [2.75, 3.05) is 29.5 Å². The van der Waals surface area contributed by atoms with Crippen LogP contribution in [0.15, 0.2) is 41.3 Å². The Labute approximate surface area is 193 Å². The smallest absolute Gasteiger partial charge is 0.255 e. The van der Waals surface area contributed by atoms with Crippen molar-refractivity contribution in [1.29, 1.82) is 0 Å². The highest BCUT2D eigenvalue weighted by Gasteiger charge is 2.22. The Morgan fingerprint density at radius 1 is 1.03 bits per heavy atom. The van der Waals surface area contributed by atoms with E-state index in [0.717, 1.165) is 10.5 Å². The highest BCUT2D eigenvalue weighted by atomic mass is 32.2. The van der Waals surface area contributed by atoms with Gasteiger partial charge in [0.2, 0.25) is 5.91 Å². The SMILES string of the molecule is CC(C)(C)c1cc(NC(=O)CCCN)c(SCCN)c(NC(=O)c2cccc(C=O)c2)c1. The maximum absolute atomic E-state index is 13.0. The van der Waals surface area contributed by atoms with Crippen LogP contribution in [-0.2, 0) is 10.2 Å². The third-order valence-electron chi connectivity index (χ3n) is 4.73. The lowest BCUT2D eigenvalue weighted by atomic mass is 9.86. The molecule has 2 aromatic rings. The van der Waals surface area contributed by atoms with Crippen molar-refractivity contribution >= 4 is 41.2 Å². The van der Waals surface area contributed by atoms with Gasteiger partial charge in [0, 0.05) is 29.8 Å². The molecule has 2 amide bonds. The summed E-state index contributed by atoms with van der Waals surface area (Å²) < 4.78 is 0. The number of rotatable bonds is 10. The van der Waals surface area contributed by atoms with Crippen molar-refractivity contribution in [2.24, 2.45) is 11.5 Å². The van der Waals surface area contributed by atoms with Gasteiger partial charge in [-0.2, -0.15) is 0 Å². The fourth-order valence-corrected chi connectivity index (χ4v) is 3.84. The summed E-state index contributed by atoms with van der Waals surface area (Å²) in [6.07, 6.45) is 1.61. The third kappa shape index (κ3) is 7.19. The Hall–Kier alpha value is -2.68. The molecule has 0 spiro atoms. The maximum Gasteiger partial charge on any atom is 0.255 e. The lowest BCUT2D eigenvalue weighted by Crippen LogP contribution is -2.19. The first-order chi connectivity index (χ1) is 15.2. The van der Waals surface area contributed by atoms with E-state index in [1.54, 1.807) is 18.2 Å². The van der Waals surface area contributed by atoms with Crippen molar-refractivity contribution < 1.29 is 14.4 Å². The van der Waals surface area contributed by atoms with Crippen LogP contribution < -0.4 is 22.1 Å². The van der Waals surface area contributed by atoms with E-state index in [9.17, 15) is 14.4 Å². The predicted molar refractivity (Wildman–Crippen MR) is 132 cm³/mol. The van der Waals surface area contributed by atoms with E-state index in [-0.39, 0.29) is 17.2 Å². The minimum absolute atomic E-state index is 0.132. The zero-order valence-corrected chi connectivity index (χ0v) is 19.7. The van der Waals surface area contributed by atoms with Gasteiger partial charge < -0.3 is 22.1 Å². The molecule has 0 aliphatic heterocycles. The molecule has 0 unspecified atom stereocenters. The molecule has 7 nitrogen and oxygen atoms in total. The van der Waals surface area contributed by atoms with Crippen LogP contribution >= 0.6 is 11.8 Å². The van der Waals surface area contributed by atoms with Gasteiger partial charge in [-0.3, -0.25) is 14.4 Å². The van der Waals surface area contributed by atoms with Crippen LogP contribution in [0.5, 0.6) is 0 Å². The molecule has 0 saturated carbocycles. The number of anilines is 2. The lowest BCUT2D eigenvalue weighted by molar-refractivity contribution is -0.116. The molecule has 0 heterocycles. The zero-order valence-electron chi connectivity index (χ0n) is 18.9. The Balaban J connectivity index is 2.51. The van der Waals surface area contributed by atoms with E-state index in [4.69, 9.17) is 11.5 Å². The van der Waals surface area contributed by atoms with Crippen LogP contribution in [-0.4, -0.2) is 36.9 Å². The van der Waals surface area contributed by atoms with E-state index in [0.29, 0.717) is 60.5 Å². The van der Waals surface area contributed by atoms with E-state index < -0.39 is 0 Å². The maximum atomic E-state index is 13.0. The van der Waals surface area contributed by atoms with Crippen LogP contribution in [0.25, 0.3) is 0 Å². The van der Waals surface area contributed by atoms with Crippen molar-refractivity contribution in [3.8, 4) is 0 Å². The van der Waals surface area contributed by atoms with Crippen LogP contribution in [0.4, 0.5) is 11.4 Å². The van der Waals surface area contributed by atoms with Gasteiger partial charge in [-0.05, 0) is 48.2 Å². The van der Waals surface area contributed by atoms with Gasteiger partial charge in [-0.25, -0.2) is 0 Å². The molecule has 0 radical (unpaired) electrons. The molecule has 2 aromatic carbocycles. The Bertz CT molecular complexity index is 970. The molecular weight excluding hydrogens is 424 g/mol. The Morgan fingerprint density at radius 2 is 1.72 bits per heavy atom. The normalized spacial score (nSPS) is 11.2. The molecule has 172 valence electrons. The van der Waals surface area contributed by atoms with Gasteiger partial charge in [-0.15, -0.1) is 11.8 Å². The summed E-state index contributed by atoms with van der Waals surface area (Å²) in [4.78, 5) is 37.3. The number of hydrogen-bond donors (Lipinski definition) is 4. The molecule has 0 bridgehead atoms. The number of aldehydes is 1. The van der Waals surface area contributed by atoms with Crippen molar-refractivity contribution in [1.82, 2.24) is 0 Å². The first-order valence-electron chi connectivity index (χ1n) is 10.6. The molecule has 8 heteroatoms. The predicted octanol–water partition coefficient (Wildman–Crippen LogP) is 3.78. The monoisotopic (exact) mass is 456 g/mol. The van der Waals surface area contributed by atoms with Crippen LogP contribution in [0.1, 0.15) is 59.9 Å². The molecule has 2 rings (SSSR count). The molecule has 0 aromatic heterocycles. The van der Waals surface area contributed by atoms with E-state index >= 15 is 0 Å². The topological polar surface area (TPSA) is 127 Å². The molecule has 0 aliphatic rings. The second-order valence-corrected chi connectivity index (χ2v) is 9.53. The van der Waals surface area contributed by atoms with Gasteiger partial charge in [0.15, 0.2) is 0 Å². The van der Waals surface area contributed by atoms with Crippen molar-refractivity contribution in [3.63, 3.8) is 0 Å². The fraction of sp³-hybridized carbons (Fsp3) is 0.375. The highest BCUT2D eigenvalue weighted by Crippen LogP contribution is 2.39. The minimum Gasteiger partial charge on any atom is -0.330 e. The highest BCUT2D eigenvalue weighted by molar-refractivity contribution is 7.99. The quantitative estimate of drug-likeness (QED) is 0.318. The molecule has 32 heavy (non-hydrogen) atoms. The van der Waals surface area contributed by atoms with E-state index in [1.165, 1.54) is 17.8 Å². The lowest BCUT2D eigenvalue weighted by Gasteiger charge is -2.24. The average molecular weight is 457 g/mol. The molecule has 0 fully saturated rings. The number of nitrogens with one attached hydrogen (secondary N) is 2. The molecule has 0 saturated heterocycles. The molecule has 6 N–H and O–H groups in total. The van der Waals surface area contributed by atoms with E-state index in [1.807, 2.05) is 12.1 Å². The van der Waals surface area contributed by atoms with Crippen molar-refractivity contribution in [3.05, 3.63) is 53.1 Å². The standard InChI is InChI=1S/C24H32N4O3S/c1-24(2,3)18-13-19(27-21(30)8-5-9-25)22(32-11-10-26)20(14-18)28-23(31)17-7-4-6-16(12-17)15-29/h4,6-7,12-15H,5,8-11,25-26H2,1-3H3,(H,27,30)(H,28,31). The summed E-state index contributed by atoms with van der Waals surface area (Å²) >= 11 is 1.47. The largest absolute Gasteiger partial charge is 0.330 e. The first kappa shape index (κ1) is 25.6. The number of nitrogens with two attached hydrogens (primary N) is 2. The number of benzene rings is 2. The summed E-state index contributed by atoms with van der Waals surface area (Å²) in [5.74, 6) is 0.145. The van der Waals surface area contributed by atoms with Gasteiger partial charge in [0.1, 0.15) is 6.29 Å². The number of carbonyl (C=O) groups excluding carboxylic acids is 3. The zero-order chi connectivity index (χ0) is 23.7. The summed E-state index contributed by atoms with van der Waals surface area (Å²) in [6.45, 7) is 7.07. The summed E-state index contributed by atoms with van der Waals surface area (Å²) in [6, 6.07) is 10.4. The summed E-state index contributed by atoms with van der Waals surface area (Å²) in [5, 5.41) is 5.95. The van der Waals surface area contributed by atoms with Crippen LogP contribution in [0.2, 0.25) is 0 Å². The fourth-order valence-electron chi connectivity index (χ4n) is 2.99. The minimum atomic E-state index is -0.338. The van der Waals surface area contributed by atoms with E-state index in [2.05, 4.69) is 31.4 Å². The second kappa shape index (κ2) is 11.8. The van der Waals surface area contributed by atoms with Gasteiger partial charge in [0.25, 0.3) is 5.91 Å². The molecule has 0 atom stereocenters. The van der Waals surface area contributed by atoms with Gasteiger partial charge >= 0.3 is 0 Å². The second-order valence-electron chi connectivity index (χ2n) is 8.43. The number of thioether (sulfide) groups is 1. The summed E-state index contributed by atoms with van der Waals surface area (Å²) in [5.41, 5.74) is 14.0. The molecule has 0 aliphatic carbocycles. The average Bonchev–Trinajstić information content (AvgIpc) is 2.76. The van der Waals surface area contributed by atoms with Gasteiger partial charge in [0.05, 0.1) is 16.3 Å². The number of hydrogen-bond acceptors (Lipinski definition) is 6. The number of amides is 2.